The van der Waals surface area contributed by atoms with E-state index in [1.165, 1.54) is 7.11 Å². The van der Waals surface area contributed by atoms with Gasteiger partial charge in [-0.15, -0.1) is 0 Å². The fourth-order valence-corrected chi connectivity index (χ4v) is 1.24. The van der Waals surface area contributed by atoms with Gasteiger partial charge in [-0.1, -0.05) is 0 Å². The van der Waals surface area contributed by atoms with Crippen molar-refractivity contribution >= 4 is 5.91 Å². The molecule has 6 heteroatoms. The van der Waals surface area contributed by atoms with Gasteiger partial charge in [-0.3, -0.25) is 4.79 Å². The molecule has 16 heavy (non-hydrogen) atoms. The van der Waals surface area contributed by atoms with Gasteiger partial charge in [0.2, 0.25) is 0 Å². The van der Waals surface area contributed by atoms with Gasteiger partial charge in [0, 0.05) is 13.2 Å². The third kappa shape index (κ3) is 2.90. The number of carbonyl (C=O) groups excluding carboxylic acids is 1. The van der Waals surface area contributed by atoms with Crippen LogP contribution in [0.4, 0.5) is 0 Å². The zero-order valence-corrected chi connectivity index (χ0v) is 9.41. The van der Waals surface area contributed by atoms with Gasteiger partial charge in [-0.25, -0.2) is 0 Å². The van der Waals surface area contributed by atoms with Gasteiger partial charge in [-0.2, -0.15) is 0 Å². The van der Waals surface area contributed by atoms with Crippen LogP contribution in [-0.2, 0) is 19.0 Å². The third-order valence-corrected chi connectivity index (χ3v) is 1.97. The van der Waals surface area contributed by atoms with E-state index in [1.54, 1.807) is 6.08 Å². The number of dihydropyridines is 1. The van der Waals surface area contributed by atoms with Crippen LogP contribution in [0.5, 0.6) is 0 Å². The number of ether oxygens (including phenoxy) is 3. The first-order valence-electron chi connectivity index (χ1n) is 4.93. The molecule has 0 atom stereocenters. The van der Waals surface area contributed by atoms with Crippen molar-refractivity contribution in [3.8, 4) is 0 Å². The molecule has 90 valence electrons. The second kappa shape index (κ2) is 6.02. The van der Waals surface area contributed by atoms with Gasteiger partial charge in [0.05, 0.1) is 7.11 Å². The van der Waals surface area contributed by atoms with E-state index in [4.69, 9.17) is 19.9 Å². The number of carbonyl (C=O) groups is 1. The second-order valence-corrected chi connectivity index (χ2v) is 2.98. The smallest absolute Gasteiger partial charge is 0.268 e. The van der Waals surface area contributed by atoms with Crippen molar-refractivity contribution in [1.29, 1.82) is 0 Å². The maximum atomic E-state index is 11.2. The summed E-state index contributed by atoms with van der Waals surface area (Å²) in [6, 6.07) is 0. The van der Waals surface area contributed by atoms with Crippen molar-refractivity contribution < 1.29 is 19.0 Å². The van der Waals surface area contributed by atoms with Gasteiger partial charge in [-0.05, 0) is 13.0 Å². The molecular formula is C10H16N2O4. The summed E-state index contributed by atoms with van der Waals surface area (Å²) in [5, 5.41) is 2.83. The molecule has 1 heterocycles. The van der Waals surface area contributed by atoms with Crippen molar-refractivity contribution in [2.24, 2.45) is 5.73 Å². The van der Waals surface area contributed by atoms with E-state index in [0.717, 1.165) is 0 Å². The molecule has 1 aliphatic heterocycles. The fraction of sp³-hybridized carbons (Fsp3) is 0.500. The molecular weight excluding hydrogens is 212 g/mol. The highest BCUT2D eigenvalue weighted by Gasteiger charge is 2.22. The Labute approximate surface area is 94.0 Å². The van der Waals surface area contributed by atoms with Gasteiger partial charge >= 0.3 is 0 Å². The van der Waals surface area contributed by atoms with Gasteiger partial charge in [0.25, 0.3) is 5.91 Å². The number of hydrogen-bond donors (Lipinski definition) is 2. The number of hydrogen-bond acceptors (Lipinski definition) is 5. The van der Waals surface area contributed by atoms with Crippen LogP contribution in [0.3, 0.4) is 0 Å². The lowest BCUT2D eigenvalue weighted by atomic mass is 10.2. The quantitative estimate of drug-likeness (QED) is 0.487. The number of nitrogens with one attached hydrogen (secondary N) is 1. The van der Waals surface area contributed by atoms with Crippen molar-refractivity contribution in [2.75, 3.05) is 27.1 Å². The highest BCUT2D eigenvalue weighted by Crippen LogP contribution is 2.19. The number of amides is 1. The maximum absolute atomic E-state index is 11.2. The normalized spacial score (nSPS) is 15.2. The summed E-state index contributed by atoms with van der Waals surface area (Å²) in [6.45, 7) is 2.89. The molecule has 3 N–H and O–H groups in total. The van der Waals surface area contributed by atoms with Crippen molar-refractivity contribution in [3.63, 3.8) is 0 Å². The van der Waals surface area contributed by atoms with E-state index < -0.39 is 5.91 Å². The molecule has 0 aromatic carbocycles. The molecule has 0 saturated heterocycles. The zero-order chi connectivity index (χ0) is 12.0. The van der Waals surface area contributed by atoms with E-state index in [-0.39, 0.29) is 18.2 Å². The van der Waals surface area contributed by atoms with Gasteiger partial charge in [0.15, 0.2) is 18.3 Å². The van der Waals surface area contributed by atoms with Crippen LogP contribution < -0.4 is 11.1 Å². The first-order chi connectivity index (χ1) is 7.70. The third-order valence-electron chi connectivity index (χ3n) is 1.97. The summed E-state index contributed by atoms with van der Waals surface area (Å²) >= 11 is 0. The lowest BCUT2D eigenvalue weighted by Crippen LogP contribution is -2.32. The largest absolute Gasteiger partial charge is 0.493 e. The fourth-order valence-electron chi connectivity index (χ4n) is 1.24. The molecule has 0 bridgehead atoms. The van der Waals surface area contributed by atoms with Crippen molar-refractivity contribution in [1.82, 2.24) is 5.32 Å². The van der Waals surface area contributed by atoms with Gasteiger partial charge < -0.3 is 25.3 Å². The molecule has 1 amide bonds. The standard InChI is InChI=1S/C10H16N2O4/c1-3-15-6-16-9-7(14-2)4-5-12-8(9)10(11)13/h4,12H,3,5-6H2,1-2H3,(H2,11,13). The Kier molecular flexibility index (Phi) is 4.65. The minimum Gasteiger partial charge on any atom is -0.493 e. The summed E-state index contributed by atoms with van der Waals surface area (Å²) in [5.41, 5.74) is 5.42. The number of rotatable bonds is 6. The number of primary amides is 1. The van der Waals surface area contributed by atoms with E-state index in [1.807, 2.05) is 6.92 Å². The Morgan fingerprint density at radius 1 is 1.62 bits per heavy atom. The molecule has 1 rings (SSSR count). The van der Waals surface area contributed by atoms with E-state index in [9.17, 15) is 4.79 Å². The molecule has 0 saturated carbocycles. The summed E-state index contributed by atoms with van der Waals surface area (Å²) < 4.78 is 15.4. The summed E-state index contributed by atoms with van der Waals surface area (Å²) in [4.78, 5) is 11.2. The molecule has 0 aromatic heterocycles. The predicted octanol–water partition coefficient (Wildman–Crippen LogP) is -0.173. The van der Waals surface area contributed by atoms with Crippen LogP contribution in [-0.4, -0.2) is 33.0 Å². The van der Waals surface area contributed by atoms with E-state index >= 15 is 0 Å². The zero-order valence-electron chi connectivity index (χ0n) is 9.41. The first-order valence-corrected chi connectivity index (χ1v) is 4.93. The molecule has 0 unspecified atom stereocenters. The van der Waals surface area contributed by atoms with Crippen LogP contribution in [0.15, 0.2) is 23.3 Å². The van der Waals surface area contributed by atoms with Crippen LogP contribution in [0, 0.1) is 0 Å². The average Bonchev–Trinajstić information content (AvgIpc) is 2.29. The van der Waals surface area contributed by atoms with Crippen LogP contribution in [0.2, 0.25) is 0 Å². The number of methoxy groups -OCH3 is 1. The summed E-state index contributed by atoms with van der Waals surface area (Å²) in [7, 11) is 1.50. The highest BCUT2D eigenvalue weighted by molar-refractivity contribution is 5.92. The lowest BCUT2D eigenvalue weighted by molar-refractivity contribution is -0.115. The van der Waals surface area contributed by atoms with Crippen molar-refractivity contribution in [2.45, 2.75) is 6.92 Å². The monoisotopic (exact) mass is 228 g/mol. The Morgan fingerprint density at radius 2 is 2.38 bits per heavy atom. The summed E-state index contributed by atoms with van der Waals surface area (Å²) in [6.07, 6.45) is 1.76. The van der Waals surface area contributed by atoms with Crippen LogP contribution >= 0.6 is 0 Å². The Balaban J connectivity index is 2.82. The molecule has 0 radical (unpaired) electrons. The maximum Gasteiger partial charge on any atom is 0.268 e. The average molecular weight is 228 g/mol. The lowest BCUT2D eigenvalue weighted by Gasteiger charge is -2.20. The van der Waals surface area contributed by atoms with E-state index in [0.29, 0.717) is 18.9 Å². The Morgan fingerprint density at radius 3 is 2.94 bits per heavy atom. The van der Waals surface area contributed by atoms with Crippen LogP contribution in [0.25, 0.3) is 0 Å². The number of nitrogens with two attached hydrogens (primary N) is 1. The highest BCUT2D eigenvalue weighted by atomic mass is 16.7. The molecule has 0 fully saturated rings. The Bertz CT molecular complexity index is 323. The molecule has 0 aliphatic carbocycles. The molecule has 0 aromatic rings. The molecule has 0 spiro atoms. The topological polar surface area (TPSA) is 82.8 Å². The van der Waals surface area contributed by atoms with Crippen LogP contribution in [0.1, 0.15) is 6.92 Å². The SMILES string of the molecule is CCOCOC1=C(C(N)=O)NCC=C1OC. The molecule has 6 nitrogen and oxygen atoms in total. The minimum absolute atomic E-state index is 0.0466. The van der Waals surface area contributed by atoms with Crippen molar-refractivity contribution in [3.05, 3.63) is 23.3 Å². The predicted molar refractivity (Wildman–Crippen MR) is 56.9 cm³/mol. The first kappa shape index (κ1) is 12.4. The second-order valence-electron chi connectivity index (χ2n) is 2.98. The van der Waals surface area contributed by atoms with E-state index in [2.05, 4.69) is 5.32 Å². The van der Waals surface area contributed by atoms with Gasteiger partial charge in [0.1, 0.15) is 5.70 Å². The Hall–Kier alpha value is -1.69. The minimum atomic E-state index is -0.589. The molecule has 1 aliphatic rings. The summed E-state index contributed by atoms with van der Waals surface area (Å²) in [5.74, 6) is 0.177.